The normalized spacial score (nSPS) is 33.0. The first kappa shape index (κ1) is 19.2. The van der Waals surface area contributed by atoms with Gasteiger partial charge in [0.2, 0.25) is 5.91 Å². The predicted octanol–water partition coefficient (Wildman–Crippen LogP) is 2.77. The molecule has 5 nitrogen and oxygen atoms in total. The lowest BCUT2D eigenvalue weighted by Gasteiger charge is -2.35. The molecule has 0 aromatic carbocycles. The van der Waals surface area contributed by atoms with E-state index in [2.05, 4.69) is 30.9 Å². The van der Waals surface area contributed by atoms with Crippen molar-refractivity contribution in [2.75, 3.05) is 32.7 Å². The molecule has 2 saturated heterocycles. The van der Waals surface area contributed by atoms with Gasteiger partial charge in [-0.1, -0.05) is 17.2 Å². The number of amides is 1. The van der Waals surface area contributed by atoms with Crippen LogP contribution >= 0.6 is 0 Å². The molecule has 3 rings (SSSR count). The lowest BCUT2D eigenvalue weighted by molar-refractivity contribution is -0.144. The van der Waals surface area contributed by atoms with Gasteiger partial charge in [-0.25, -0.2) is 0 Å². The zero-order valence-electron chi connectivity index (χ0n) is 16.4. The van der Waals surface area contributed by atoms with Gasteiger partial charge in [0.25, 0.3) is 0 Å². The Balaban J connectivity index is 1.68. The van der Waals surface area contributed by atoms with Gasteiger partial charge in [-0.15, -0.1) is 0 Å². The number of fused-ring (bicyclic) bond motifs is 1. The topological polar surface area (TPSA) is 49.9 Å². The fraction of sp³-hybridized carbons (Fsp3) is 0.714. The summed E-state index contributed by atoms with van der Waals surface area (Å²) in [4.78, 5) is 28.3. The van der Waals surface area contributed by atoms with E-state index in [0.717, 1.165) is 58.4 Å². The van der Waals surface area contributed by atoms with Crippen molar-refractivity contribution in [3.05, 3.63) is 23.3 Å². The minimum atomic E-state index is -0.0723. The van der Waals surface area contributed by atoms with Crippen molar-refractivity contribution in [2.24, 2.45) is 11.8 Å². The van der Waals surface area contributed by atoms with Crippen molar-refractivity contribution in [2.45, 2.75) is 52.6 Å². The van der Waals surface area contributed by atoms with Gasteiger partial charge in [-0.2, -0.15) is 0 Å². The molecule has 0 N–H and O–H groups in total. The standard InChI is InChI=1S/C21H32N2O3/c1-15-5-4-6-16(2)13-20-18(8-7-15)19(21(25)26-20)14-22-9-11-23(12-10-22)17(3)24/h5,13,18-20H,4,6-12,14H2,1-3H3/b15-5?,16-13+/t18-,19-,20+/m0/s1. The summed E-state index contributed by atoms with van der Waals surface area (Å²) in [6, 6.07) is 0. The second kappa shape index (κ2) is 8.38. The van der Waals surface area contributed by atoms with Crippen molar-refractivity contribution in [3.8, 4) is 0 Å². The third kappa shape index (κ3) is 4.56. The molecule has 2 aliphatic heterocycles. The Morgan fingerprint density at radius 2 is 1.88 bits per heavy atom. The number of piperazine rings is 1. The Hall–Kier alpha value is -1.62. The third-order valence-electron chi connectivity index (χ3n) is 6.12. The number of esters is 1. The molecule has 1 amide bonds. The highest BCUT2D eigenvalue weighted by molar-refractivity contribution is 5.76. The Morgan fingerprint density at radius 3 is 2.58 bits per heavy atom. The number of ether oxygens (including phenoxy) is 1. The number of carbonyl (C=O) groups is 2. The molecule has 3 aliphatic rings. The van der Waals surface area contributed by atoms with E-state index >= 15 is 0 Å². The Bertz CT molecular complexity index is 602. The van der Waals surface area contributed by atoms with Gasteiger partial charge < -0.3 is 9.64 Å². The highest BCUT2D eigenvalue weighted by Gasteiger charge is 2.44. The van der Waals surface area contributed by atoms with E-state index in [9.17, 15) is 9.59 Å². The SMILES string of the molecule is CC(=O)N1CCN(C[C@@H]2C(=O)O[C@@H]3/C=C(\C)CCC=C(C)CC[C@@H]23)CC1. The highest BCUT2D eigenvalue weighted by Crippen LogP contribution is 2.36. The maximum absolute atomic E-state index is 12.6. The summed E-state index contributed by atoms with van der Waals surface area (Å²) in [6.07, 6.45) is 8.60. The van der Waals surface area contributed by atoms with Crippen molar-refractivity contribution < 1.29 is 14.3 Å². The van der Waals surface area contributed by atoms with Crippen LogP contribution in [0.4, 0.5) is 0 Å². The summed E-state index contributed by atoms with van der Waals surface area (Å²) >= 11 is 0. The molecule has 2 heterocycles. The first-order valence-electron chi connectivity index (χ1n) is 9.95. The first-order chi connectivity index (χ1) is 12.4. The summed E-state index contributed by atoms with van der Waals surface area (Å²) < 4.78 is 5.79. The second-order valence-corrected chi connectivity index (χ2v) is 8.12. The van der Waals surface area contributed by atoms with E-state index in [-0.39, 0.29) is 29.8 Å². The van der Waals surface area contributed by atoms with Crippen LogP contribution in [0.5, 0.6) is 0 Å². The molecule has 2 fully saturated rings. The maximum Gasteiger partial charge on any atom is 0.311 e. The predicted molar refractivity (Wildman–Crippen MR) is 102 cm³/mol. The summed E-state index contributed by atoms with van der Waals surface area (Å²) in [7, 11) is 0. The van der Waals surface area contributed by atoms with Crippen LogP contribution in [0.3, 0.4) is 0 Å². The smallest absolute Gasteiger partial charge is 0.311 e. The second-order valence-electron chi connectivity index (χ2n) is 8.12. The molecule has 26 heavy (non-hydrogen) atoms. The molecule has 5 heteroatoms. The molecular formula is C21H32N2O3. The first-order valence-corrected chi connectivity index (χ1v) is 9.95. The largest absolute Gasteiger partial charge is 0.458 e. The van der Waals surface area contributed by atoms with Crippen LogP contribution < -0.4 is 0 Å². The fourth-order valence-electron chi connectivity index (χ4n) is 4.38. The quantitative estimate of drug-likeness (QED) is 0.561. The minimum Gasteiger partial charge on any atom is -0.458 e. The van der Waals surface area contributed by atoms with E-state index in [4.69, 9.17) is 4.74 Å². The molecule has 0 spiro atoms. The average molecular weight is 360 g/mol. The highest BCUT2D eigenvalue weighted by atomic mass is 16.6. The van der Waals surface area contributed by atoms with E-state index in [1.54, 1.807) is 6.92 Å². The van der Waals surface area contributed by atoms with Gasteiger partial charge in [0, 0.05) is 45.6 Å². The van der Waals surface area contributed by atoms with Crippen molar-refractivity contribution in [1.82, 2.24) is 9.80 Å². The van der Waals surface area contributed by atoms with Crippen LogP contribution in [0.15, 0.2) is 23.3 Å². The van der Waals surface area contributed by atoms with Crippen molar-refractivity contribution in [1.29, 1.82) is 0 Å². The summed E-state index contributed by atoms with van der Waals surface area (Å²) in [5.74, 6) is 0.295. The van der Waals surface area contributed by atoms with Gasteiger partial charge in [0.1, 0.15) is 6.10 Å². The zero-order valence-corrected chi connectivity index (χ0v) is 16.4. The van der Waals surface area contributed by atoms with Gasteiger partial charge in [0.05, 0.1) is 5.92 Å². The van der Waals surface area contributed by atoms with Gasteiger partial charge >= 0.3 is 5.97 Å². The number of hydrogen-bond acceptors (Lipinski definition) is 4. The summed E-state index contributed by atoms with van der Waals surface area (Å²) in [5, 5.41) is 0. The van der Waals surface area contributed by atoms with Crippen LogP contribution in [0, 0.1) is 11.8 Å². The van der Waals surface area contributed by atoms with Crippen LogP contribution in [0.2, 0.25) is 0 Å². The number of allylic oxidation sites excluding steroid dienone is 3. The molecule has 0 unspecified atom stereocenters. The average Bonchev–Trinajstić information content (AvgIpc) is 2.88. The van der Waals surface area contributed by atoms with E-state index in [1.807, 2.05) is 4.90 Å². The van der Waals surface area contributed by atoms with Crippen LogP contribution in [0.1, 0.15) is 46.5 Å². The van der Waals surface area contributed by atoms with Crippen LogP contribution in [-0.2, 0) is 14.3 Å². The van der Waals surface area contributed by atoms with Crippen LogP contribution in [-0.4, -0.2) is 60.5 Å². The van der Waals surface area contributed by atoms with Gasteiger partial charge in [-0.3, -0.25) is 14.5 Å². The van der Waals surface area contributed by atoms with Crippen molar-refractivity contribution in [3.63, 3.8) is 0 Å². The Morgan fingerprint density at radius 1 is 1.15 bits per heavy atom. The van der Waals surface area contributed by atoms with Gasteiger partial charge in [-0.05, 0) is 45.6 Å². The van der Waals surface area contributed by atoms with Gasteiger partial charge in [0.15, 0.2) is 0 Å². The molecule has 3 atom stereocenters. The van der Waals surface area contributed by atoms with Crippen LogP contribution in [0.25, 0.3) is 0 Å². The third-order valence-corrected chi connectivity index (χ3v) is 6.12. The summed E-state index contributed by atoms with van der Waals surface area (Å²) in [6.45, 7) is 9.91. The maximum atomic E-state index is 12.6. The van der Waals surface area contributed by atoms with Crippen molar-refractivity contribution >= 4 is 11.9 Å². The fourth-order valence-corrected chi connectivity index (χ4v) is 4.38. The molecule has 144 valence electrons. The number of carbonyl (C=O) groups excluding carboxylic acids is 2. The molecule has 0 saturated carbocycles. The number of nitrogens with zero attached hydrogens (tertiary/aromatic N) is 2. The Labute approximate surface area is 157 Å². The number of rotatable bonds is 2. The summed E-state index contributed by atoms with van der Waals surface area (Å²) in [5.41, 5.74) is 2.74. The molecule has 0 aromatic heterocycles. The minimum absolute atomic E-state index is 0.0427. The van der Waals surface area contributed by atoms with E-state index in [1.165, 1.54) is 11.1 Å². The van der Waals surface area contributed by atoms with E-state index in [0.29, 0.717) is 0 Å². The Kier molecular flexibility index (Phi) is 6.17. The lowest BCUT2D eigenvalue weighted by Crippen LogP contribution is -2.50. The molecule has 0 bridgehead atoms. The number of hydrogen-bond donors (Lipinski definition) is 0. The monoisotopic (exact) mass is 360 g/mol. The molecule has 0 radical (unpaired) electrons. The van der Waals surface area contributed by atoms with E-state index < -0.39 is 0 Å². The molecule has 1 aliphatic carbocycles. The lowest BCUT2D eigenvalue weighted by atomic mass is 9.83. The molecule has 0 aromatic rings. The zero-order chi connectivity index (χ0) is 18.7. The molecular weight excluding hydrogens is 328 g/mol.